The first kappa shape index (κ1) is 23.2. The number of likely N-dealkylation sites (tertiary alicyclic amines) is 1. The number of amides is 1. The second-order valence-corrected chi connectivity index (χ2v) is 12.5. The average molecular weight is 470 g/mol. The molecular formula is C22H35N3O4S2. The number of aryl methyl sites for hydroxylation is 1. The van der Waals surface area contributed by atoms with Crippen LogP contribution >= 0.6 is 11.3 Å². The molecule has 1 spiro atoms. The zero-order valence-electron chi connectivity index (χ0n) is 18.8. The van der Waals surface area contributed by atoms with Crippen LogP contribution in [0, 0.1) is 5.92 Å². The van der Waals surface area contributed by atoms with Crippen molar-refractivity contribution in [1.82, 2.24) is 14.9 Å². The Morgan fingerprint density at radius 3 is 2.84 bits per heavy atom. The van der Waals surface area contributed by atoms with E-state index in [1.807, 2.05) is 11.3 Å². The predicted octanol–water partition coefficient (Wildman–Crippen LogP) is 2.01. The highest BCUT2D eigenvalue weighted by Gasteiger charge is 2.45. The van der Waals surface area contributed by atoms with Gasteiger partial charge in [-0.05, 0) is 63.6 Å². The Hall–Kier alpha value is -1.00. The molecule has 31 heavy (non-hydrogen) atoms. The minimum atomic E-state index is -3.51. The smallest absolute Gasteiger partial charge is 0.236 e. The van der Waals surface area contributed by atoms with Crippen LogP contribution in [-0.2, 0) is 38.0 Å². The third-order valence-corrected chi connectivity index (χ3v) is 9.79. The molecule has 2 fully saturated rings. The van der Waals surface area contributed by atoms with Gasteiger partial charge >= 0.3 is 0 Å². The molecule has 1 saturated carbocycles. The van der Waals surface area contributed by atoms with Gasteiger partial charge in [0, 0.05) is 41.3 Å². The van der Waals surface area contributed by atoms with Crippen molar-refractivity contribution in [3.63, 3.8) is 0 Å². The number of thiophene rings is 1. The molecule has 2 N–H and O–H groups in total. The van der Waals surface area contributed by atoms with Crippen molar-refractivity contribution >= 4 is 27.3 Å². The van der Waals surface area contributed by atoms with Gasteiger partial charge in [-0.3, -0.25) is 4.79 Å². The maximum absolute atomic E-state index is 11.9. The van der Waals surface area contributed by atoms with Gasteiger partial charge in [0.05, 0.1) is 12.2 Å². The summed E-state index contributed by atoms with van der Waals surface area (Å²) in [6.07, 6.45) is 6.06. The van der Waals surface area contributed by atoms with Crippen molar-refractivity contribution in [2.24, 2.45) is 5.92 Å². The molecule has 9 heteroatoms. The maximum atomic E-state index is 11.9. The van der Waals surface area contributed by atoms with Gasteiger partial charge in [0.25, 0.3) is 0 Å². The van der Waals surface area contributed by atoms with Crippen molar-refractivity contribution in [3.05, 3.63) is 21.4 Å². The van der Waals surface area contributed by atoms with Gasteiger partial charge in [0.15, 0.2) is 0 Å². The molecule has 1 aliphatic carbocycles. The Kier molecular flexibility index (Phi) is 6.80. The van der Waals surface area contributed by atoms with E-state index in [2.05, 4.69) is 34.9 Å². The molecule has 1 saturated heterocycles. The highest BCUT2D eigenvalue weighted by atomic mass is 32.2. The number of hydrogen-bond donors (Lipinski definition) is 2. The molecule has 0 unspecified atom stereocenters. The van der Waals surface area contributed by atoms with E-state index in [-0.39, 0.29) is 11.6 Å². The monoisotopic (exact) mass is 469 g/mol. The Morgan fingerprint density at radius 2 is 2.16 bits per heavy atom. The largest absolute Gasteiger partial charge is 0.370 e. The van der Waals surface area contributed by atoms with Gasteiger partial charge in [0.2, 0.25) is 15.9 Å². The van der Waals surface area contributed by atoms with Gasteiger partial charge in [0.1, 0.15) is 5.75 Å². The van der Waals surface area contributed by atoms with E-state index in [9.17, 15) is 13.2 Å². The Balaban J connectivity index is 1.27. The summed E-state index contributed by atoms with van der Waals surface area (Å²) in [6.45, 7) is 7.44. The number of nitrogens with zero attached hydrogens (tertiary/aromatic N) is 1. The summed E-state index contributed by atoms with van der Waals surface area (Å²) >= 11 is 1.97. The van der Waals surface area contributed by atoms with Crippen molar-refractivity contribution < 1.29 is 17.9 Å². The molecule has 2 atom stereocenters. The molecule has 3 heterocycles. The topological polar surface area (TPSA) is 87.7 Å². The van der Waals surface area contributed by atoms with E-state index in [4.69, 9.17) is 4.74 Å². The highest BCUT2D eigenvalue weighted by Crippen LogP contribution is 2.46. The lowest BCUT2D eigenvalue weighted by Gasteiger charge is -2.49. The van der Waals surface area contributed by atoms with E-state index in [1.54, 1.807) is 0 Å². The Morgan fingerprint density at radius 1 is 1.39 bits per heavy atom. The second-order valence-electron chi connectivity index (χ2n) is 9.36. The fourth-order valence-corrected chi connectivity index (χ4v) is 7.15. The summed E-state index contributed by atoms with van der Waals surface area (Å²) in [5, 5.41) is 2.86. The molecule has 3 aliphatic rings. The number of fused-ring (bicyclic) bond motifs is 2. The number of carbonyl (C=O) groups excluding carboxylic acids is 1. The summed E-state index contributed by atoms with van der Waals surface area (Å²) in [5.74, 6) is -0.364. The zero-order chi connectivity index (χ0) is 22.2. The lowest BCUT2D eigenvalue weighted by atomic mass is 9.76. The summed E-state index contributed by atoms with van der Waals surface area (Å²) < 4.78 is 31.6. The van der Waals surface area contributed by atoms with E-state index in [0.717, 1.165) is 58.2 Å². The van der Waals surface area contributed by atoms with Gasteiger partial charge in [-0.2, -0.15) is 0 Å². The molecule has 0 radical (unpaired) electrons. The van der Waals surface area contributed by atoms with Gasteiger partial charge < -0.3 is 15.0 Å². The number of sulfonamides is 1. The van der Waals surface area contributed by atoms with E-state index in [0.29, 0.717) is 12.0 Å². The van der Waals surface area contributed by atoms with E-state index < -0.39 is 21.7 Å². The maximum Gasteiger partial charge on any atom is 0.236 e. The number of carbonyl (C=O) groups is 1. The van der Waals surface area contributed by atoms with Crippen LogP contribution in [0.4, 0.5) is 0 Å². The van der Waals surface area contributed by atoms with Crippen molar-refractivity contribution in [3.8, 4) is 0 Å². The third kappa shape index (κ3) is 5.00. The van der Waals surface area contributed by atoms with E-state index >= 15 is 0 Å². The molecule has 7 nitrogen and oxygen atoms in total. The summed E-state index contributed by atoms with van der Waals surface area (Å²) in [4.78, 5) is 17.5. The molecular weight excluding hydrogens is 434 g/mol. The molecule has 1 aromatic rings. The first-order valence-electron chi connectivity index (χ1n) is 11.4. The van der Waals surface area contributed by atoms with Crippen LogP contribution in [0.5, 0.6) is 0 Å². The minimum Gasteiger partial charge on any atom is -0.370 e. The predicted molar refractivity (Wildman–Crippen MR) is 123 cm³/mol. The highest BCUT2D eigenvalue weighted by molar-refractivity contribution is 7.90. The van der Waals surface area contributed by atoms with Crippen LogP contribution in [0.2, 0.25) is 0 Å². The Bertz CT molecular complexity index is 910. The van der Waals surface area contributed by atoms with Crippen LogP contribution < -0.4 is 10.0 Å². The van der Waals surface area contributed by atoms with Crippen molar-refractivity contribution in [2.45, 2.75) is 70.1 Å². The first-order valence-corrected chi connectivity index (χ1v) is 13.9. The number of hydrogen-bond acceptors (Lipinski definition) is 6. The minimum absolute atomic E-state index is 0.0958. The SMILES string of the molecule is CCc1cc2c(s1)CCO[C@@]21CCN(C[C@H]2C[C@@H](NC(=O)CS(=O)(=O)NC)C2)[C@@H](C)C1. The number of nitrogens with one attached hydrogen (secondary N) is 2. The first-order chi connectivity index (χ1) is 14.7. The molecule has 1 aromatic heterocycles. The average Bonchev–Trinajstić information content (AvgIpc) is 3.13. The normalized spacial score (nSPS) is 31.3. The number of ether oxygens (including phenoxy) is 1. The lowest BCUT2D eigenvalue weighted by molar-refractivity contribution is -0.121. The fraction of sp³-hybridized carbons (Fsp3) is 0.773. The fourth-order valence-electron chi connectivity index (χ4n) is 5.39. The summed E-state index contributed by atoms with van der Waals surface area (Å²) in [7, 11) is -2.18. The zero-order valence-corrected chi connectivity index (χ0v) is 20.4. The van der Waals surface area contributed by atoms with Crippen LogP contribution in [0.1, 0.15) is 54.8 Å². The molecule has 2 aliphatic heterocycles. The number of piperidine rings is 1. The number of rotatable bonds is 7. The van der Waals surface area contributed by atoms with Gasteiger partial charge in [-0.15, -0.1) is 11.3 Å². The summed E-state index contributed by atoms with van der Waals surface area (Å²) in [6, 6.07) is 2.95. The third-order valence-electron chi connectivity index (χ3n) is 7.18. The molecule has 0 bridgehead atoms. The molecule has 1 amide bonds. The Labute approximate surface area is 190 Å². The van der Waals surface area contributed by atoms with Crippen LogP contribution in [0.25, 0.3) is 0 Å². The second kappa shape index (κ2) is 9.09. The molecule has 4 rings (SSSR count). The quantitative estimate of drug-likeness (QED) is 0.638. The van der Waals surface area contributed by atoms with E-state index in [1.165, 1.54) is 22.4 Å². The van der Waals surface area contributed by atoms with Crippen molar-refractivity contribution in [1.29, 1.82) is 0 Å². The van der Waals surface area contributed by atoms with Crippen LogP contribution in [0.3, 0.4) is 0 Å². The van der Waals surface area contributed by atoms with Crippen LogP contribution in [0.15, 0.2) is 6.07 Å². The van der Waals surface area contributed by atoms with Crippen molar-refractivity contribution in [2.75, 3.05) is 32.5 Å². The summed E-state index contributed by atoms with van der Waals surface area (Å²) in [5.41, 5.74) is 1.34. The lowest BCUT2D eigenvalue weighted by Crippen LogP contribution is -2.54. The molecule has 0 aromatic carbocycles. The standard InChI is InChI=1S/C22H35N3O4S2/c1-4-18-11-19-20(30-18)5-8-29-22(19)6-7-25(15(2)12-22)13-16-9-17(10-16)24-21(26)14-31(27,28)23-3/h11,15-17,23H,4-10,12-14H2,1-3H3,(H,24,26)/t15-,16-,17+,22+/m0/s1. The molecule has 174 valence electrons. The van der Waals surface area contributed by atoms with Gasteiger partial charge in [-0.25, -0.2) is 13.1 Å². The van der Waals surface area contributed by atoms with Crippen LogP contribution in [-0.4, -0.2) is 63.8 Å². The van der Waals surface area contributed by atoms with Gasteiger partial charge in [-0.1, -0.05) is 6.92 Å².